The molecule has 0 saturated heterocycles. The Kier molecular flexibility index (Phi) is 1.89. The van der Waals surface area contributed by atoms with E-state index in [4.69, 9.17) is 0 Å². The normalized spacial score (nSPS) is 14.7. The molecule has 1 aliphatic rings. The average Bonchev–Trinajstić information content (AvgIpc) is 2.47. The van der Waals surface area contributed by atoms with Crippen molar-refractivity contribution in [1.29, 1.82) is 0 Å². The summed E-state index contributed by atoms with van der Waals surface area (Å²) < 4.78 is 2.63. The van der Waals surface area contributed by atoms with Gasteiger partial charge in [-0.25, -0.2) is 4.79 Å². The zero-order valence-electron chi connectivity index (χ0n) is 9.31. The van der Waals surface area contributed by atoms with Crippen LogP contribution in [0.2, 0.25) is 0 Å². The van der Waals surface area contributed by atoms with Crippen molar-refractivity contribution in [1.82, 2.24) is 9.13 Å². The minimum Gasteiger partial charge on any atom is -0.349 e. The number of rotatable bonds is 0. The van der Waals surface area contributed by atoms with Crippen LogP contribution in [0.1, 0.15) is 0 Å². The highest BCUT2D eigenvalue weighted by Gasteiger charge is 2.27. The predicted molar refractivity (Wildman–Crippen MR) is 58.6 cm³/mol. The lowest BCUT2D eigenvalue weighted by Crippen LogP contribution is -2.38. The Balaban J connectivity index is 2.93. The van der Waals surface area contributed by atoms with Gasteiger partial charge in [-0.2, -0.15) is 0 Å². The maximum Gasteiger partial charge on any atom is 0.332 e. The van der Waals surface area contributed by atoms with E-state index in [1.165, 1.54) is 11.6 Å². The van der Waals surface area contributed by atoms with Gasteiger partial charge < -0.3 is 9.80 Å². The molecule has 1 aromatic heterocycles. The van der Waals surface area contributed by atoms with Crippen molar-refractivity contribution in [3.05, 3.63) is 20.8 Å². The number of fused-ring (bicyclic) bond motifs is 1. The highest BCUT2D eigenvalue weighted by molar-refractivity contribution is 5.71. The van der Waals surface area contributed by atoms with Crippen LogP contribution in [0.4, 0.5) is 11.5 Å². The van der Waals surface area contributed by atoms with Crippen LogP contribution in [-0.2, 0) is 14.1 Å². The van der Waals surface area contributed by atoms with Crippen LogP contribution in [0.5, 0.6) is 0 Å². The zero-order valence-corrected chi connectivity index (χ0v) is 9.31. The first-order valence-electron chi connectivity index (χ1n) is 4.67. The number of hydrogen-bond acceptors (Lipinski definition) is 4. The van der Waals surface area contributed by atoms with Gasteiger partial charge in [0.1, 0.15) is 11.5 Å². The summed E-state index contributed by atoms with van der Waals surface area (Å²) in [5.41, 5.74) is 0.0583. The van der Waals surface area contributed by atoms with E-state index in [0.29, 0.717) is 18.2 Å². The molecule has 0 saturated carbocycles. The van der Waals surface area contributed by atoms with Gasteiger partial charge in [-0.05, 0) is 0 Å². The van der Waals surface area contributed by atoms with E-state index in [9.17, 15) is 9.59 Å². The van der Waals surface area contributed by atoms with Crippen LogP contribution in [-0.4, -0.2) is 29.9 Å². The van der Waals surface area contributed by atoms with Crippen LogP contribution in [0.3, 0.4) is 0 Å². The molecule has 0 fully saturated rings. The Morgan fingerprint density at radius 1 is 0.933 bits per heavy atom. The van der Waals surface area contributed by atoms with Crippen LogP contribution >= 0.6 is 0 Å². The third-order valence-corrected chi connectivity index (χ3v) is 2.78. The van der Waals surface area contributed by atoms with Crippen LogP contribution in [0.25, 0.3) is 0 Å². The van der Waals surface area contributed by atoms with Crippen LogP contribution < -0.4 is 21.0 Å². The Hall–Kier alpha value is -1.72. The van der Waals surface area contributed by atoms with Crippen molar-refractivity contribution in [2.75, 3.05) is 30.6 Å². The Labute approximate surface area is 87.0 Å². The average molecular weight is 210 g/mol. The number of nitrogens with zero attached hydrogens (tertiary/aromatic N) is 4. The second-order valence-electron chi connectivity index (χ2n) is 3.92. The lowest BCUT2D eigenvalue weighted by Gasteiger charge is -2.13. The molecule has 1 aromatic rings. The number of hydrogen-bond donors (Lipinski definition) is 0. The summed E-state index contributed by atoms with van der Waals surface area (Å²) in [4.78, 5) is 27.3. The summed E-state index contributed by atoms with van der Waals surface area (Å²) in [5, 5.41) is 0. The molecular formula is C9H14N4O2. The van der Waals surface area contributed by atoms with E-state index in [1.54, 1.807) is 7.05 Å². The van der Waals surface area contributed by atoms with E-state index in [1.807, 2.05) is 23.9 Å². The van der Waals surface area contributed by atoms with Crippen molar-refractivity contribution >= 4 is 11.5 Å². The van der Waals surface area contributed by atoms with Gasteiger partial charge in [-0.3, -0.25) is 13.9 Å². The third kappa shape index (κ3) is 1.10. The first kappa shape index (κ1) is 9.82. The van der Waals surface area contributed by atoms with Gasteiger partial charge in [0.25, 0.3) is 5.56 Å². The Bertz CT molecular complexity index is 528. The maximum absolute atomic E-state index is 11.9. The predicted octanol–water partition coefficient (Wildman–Crippen LogP) is -1.07. The van der Waals surface area contributed by atoms with Gasteiger partial charge in [0.05, 0.1) is 6.67 Å². The number of aromatic nitrogens is 2. The van der Waals surface area contributed by atoms with Gasteiger partial charge in [-0.1, -0.05) is 0 Å². The molecule has 0 amide bonds. The largest absolute Gasteiger partial charge is 0.349 e. The fraction of sp³-hybridized carbons (Fsp3) is 0.556. The minimum atomic E-state index is -0.291. The molecule has 0 aromatic carbocycles. The molecule has 2 rings (SSSR count). The fourth-order valence-corrected chi connectivity index (χ4v) is 2.04. The molecule has 6 nitrogen and oxygen atoms in total. The summed E-state index contributed by atoms with van der Waals surface area (Å²) >= 11 is 0. The first-order chi connectivity index (χ1) is 6.95. The SMILES string of the molecule is CN1CN(C)c2c1c(=O)n(C)c(=O)n2C. The van der Waals surface area contributed by atoms with Crippen molar-refractivity contribution < 1.29 is 0 Å². The van der Waals surface area contributed by atoms with Crippen molar-refractivity contribution in [3.63, 3.8) is 0 Å². The molecular weight excluding hydrogens is 196 g/mol. The summed E-state index contributed by atoms with van der Waals surface area (Å²) in [6, 6.07) is 0. The molecule has 82 valence electrons. The standard InChI is InChI=1S/C9H14N4O2/c1-10-5-11(2)7-6(10)8(14)13(4)9(15)12(7)3/h5H2,1-4H3. The monoisotopic (exact) mass is 210 g/mol. The zero-order chi connectivity index (χ0) is 11.3. The number of anilines is 2. The maximum atomic E-state index is 11.9. The highest BCUT2D eigenvalue weighted by atomic mass is 16.2. The molecule has 0 unspecified atom stereocenters. The molecule has 0 bridgehead atoms. The van der Waals surface area contributed by atoms with E-state index in [2.05, 4.69) is 0 Å². The molecule has 1 aliphatic heterocycles. The van der Waals surface area contributed by atoms with Gasteiger partial charge in [0, 0.05) is 28.2 Å². The van der Waals surface area contributed by atoms with E-state index in [-0.39, 0.29) is 11.2 Å². The van der Waals surface area contributed by atoms with Gasteiger partial charge in [0.2, 0.25) is 0 Å². The summed E-state index contributed by atoms with van der Waals surface area (Å²) in [7, 11) is 6.88. The third-order valence-electron chi connectivity index (χ3n) is 2.78. The second kappa shape index (κ2) is 2.88. The molecule has 0 aliphatic carbocycles. The lowest BCUT2D eigenvalue weighted by atomic mass is 10.4. The fourth-order valence-electron chi connectivity index (χ4n) is 2.04. The summed E-state index contributed by atoms with van der Waals surface area (Å²) in [6.45, 7) is 0.627. The smallest absolute Gasteiger partial charge is 0.332 e. The van der Waals surface area contributed by atoms with Crippen molar-refractivity contribution in [2.45, 2.75) is 0 Å². The lowest BCUT2D eigenvalue weighted by molar-refractivity contribution is 0.689. The van der Waals surface area contributed by atoms with Crippen LogP contribution in [0.15, 0.2) is 9.59 Å². The second-order valence-corrected chi connectivity index (χ2v) is 3.92. The molecule has 0 N–H and O–H groups in total. The van der Waals surface area contributed by atoms with Crippen molar-refractivity contribution in [2.24, 2.45) is 14.1 Å². The highest BCUT2D eigenvalue weighted by Crippen LogP contribution is 2.27. The molecule has 0 atom stereocenters. The molecule has 6 heteroatoms. The quantitative estimate of drug-likeness (QED) is 0.547. The van der Waals surface area contributed by atoms with Gasteiger partial charge in [-0.15, -0.1) is 0 Å². The molecule has 0 radical (unpaired) electrons. The topological polar surface area (TPSA) is 50.5 Å². The minimum absolute atomic E-state index is 0.236. The van der Waals surface area contributed by atoms with E-state index < -0.39 is 0 Å². The Morgan fingerprint density at radius 3 is 2.13 bits per heavy atom. The molecule has 0 spiro atoms. The van der Waals surface area contributed by atoms with Gasteiger partial charge >= 0.3 is 5.69 Å². The summed E-state index contributed by atoms with van der Waals surface area (Å²) in [5.74, 6) is 0.686. The summed E-state index contributed by atoms with van der Waals surface area (Å²) in [6.07, 6.45) is 0. The van der Waals surface area contributed by atoms with E-state index >= 15 is 0 Å². The van der Waals surface area contributed by atoms with Crippen LogP contribution in [0, 0.1) is 0 Å². The van der Waals surface area contributed by atoms with Crippen molar-refractivity contribution in [3.8, 4) is 0 Å². The molecule has 15 heavy (non-hydrogen) atoms. The van der Waals surface area contributed by atoms with E-state index in [0.717, 1.165) is 4.57 Å². The van der Waals surface area contributed by atoms with Gasteiger partial charge in [0.15, 0.2) is 0 Å². The molecule has 2 heterocycles. The Morgan fingerprint density at radius 2 is 1.53 bits per heavy atom. The first-order valence-corrected chi connectivity index (χ1v) is 4.67.